The van der Waals surface area contributed by atoms with Gasteiger partial charge in [-0.2, -0.15) is 0 Å². The molecule has 140 valence electrons. The number of benzene rings is 1. The number of rotatable bonds is 5. The zero-order valence-corrected chi connectivity index (χ0v) is 16.1. The summed E-state index contributed by atoms with van der Waals surface area (Å²) >= 11 is 0. The Morgan fingerprint density at radius 3 is 2.15 bits per heavy atom. The molecule has 0 aliphatic carbocycles. The van der Waals surface area contributed by atoms with Gasteiger partial charge in [0.25, 0.3) is 10.0 Å². The molecule has 1 aromatic heterocycles. The molecular formula is C17H21N3O4S2. The zero-order valence-electron chi connectivity index (χ0n) is 14.4. The molecule has 1 saturated heterocycles. The van der Waals surface area contributed by atoms with Crippen molar-refractivity contribution in [3.63, 3.8) is 0 Å². The van der Waals surface area contributed by atoms with Crippen LogP contribution in [0.5, 0.6) is 0 Å². The second kappa shape index (κ2) is 7.24. The first kappa shape index (κ1) is 18.7. The van der Waals surface area contributed by atoms with Gasteiger partial charge in [0.15, 0.2) is 9.84 Å². The molecule has 0 atom stereocenters. The normalized spacial score (nSPS) is 15.7. The number of aromatic nitrogens is 1. The summed E-state index contributed by atoms with van der Waals surface area (Å²) in [6, 6.07) is 6.96. The lowest BCUT2D eigenvalue weighted by molar-refractivity contribution is 0.578. The largest absolute Gasteiger partial charge is 0.370 e. The van der Waals surface area contributed by atoms with Crippen molar-refractivity contribution in [1.82, 2.24) is 4.98 Å². The highest BCUT2D eigenvalue weighted by Gasteiger charge is 2.20. The maximum absolute atomic E-state index is 12.7. The molecule has 1 aromatic carbocycles. The van der Waals surface area contributed by atoms with Crippen molar-refractivity contribution in [2.24, 2.45) is 0 Å². The van der Waals surface area contributed by atoms with Gasteiger partial charge in [0.2, 0.25) is 0 Å². The average molecular weight is 396 g/mol. The van der Waals surface area contributed by atoms with Crippen LogP contribution in [-0.4, -0.2) is 41.2 Å². The third-order valence-corrected chi connectivity index (χ3v) is 6.81. The number of nitrogens with zero attached hydrogens (tertiary/aromatic N) is 2. The summed E-state index contributed by atoms with van der Waals surface area (Å²) in [7, 11) is -7.23. The molecule has 0 spiro atoms. The summed E-state index contributed by atoms with van der Waals surface area (Å²) in [6.45, 7) is 1.75. The molecule has 0 bridgehead atoms. The molecule has 1 aliphatic heterocycles. The van der Waals surface area contributed by atoms with Crippen LogP contribution in [0.25, 0.3) is 0 Å². The van der Waals surface area contributed by atoms with Crippen molar-refractivity contribution in [1.29, 1.82) is 0 Å². The van der Waals surface area contributed by atoms with E-state index in [0.717, 1.165) is 37.9 Å². The third kappa shape index (κ3) is 4.16. The smallest absolute Gasteiger partial charge is 0.262 e. The summed E-state index contributed by atoms with van der Waals surface area (Å²) < 4.78 is 51.0. The minimum absolute atomic E-state index is 0.00153. The van der Waals surface area contributed by atoms with Crippen LogP contribution in [0.1, 0.15) is 19.3 Å². The van der Waals surface area contributed by atoms with E-state index in [1.807, 2.05) is 0 Å². The van der Waals surface area contributed by atoms with Crippen LogP contribution in [0.3, 0.4) is 0 Å². The van der Waals surface area contributed by atoms with Gasteiger partial charge in [-0.1, -0.05) is 0 Å². The van der Waals surface area contributed by atoms with Crippen LogP contribution >= 0.6 is 0 Å². The van der Waals surface area contributed by atoms with E-state index in [1.165, 1.54) is 36.9 Å². The number of nitrogens with one attached hydrogen (secondary N) is 1. The Labute approximate surface area is 154 Å². The Kier molecular flexibility index (Phi) is 5.19. The van der Waals surface area contributed by atoms with Crippen LogP contribution in [0, 0.1) is 0 Å². The summed E-state index contributed by atoms with van der Waals surface area (Å²) in [5, 5.41) is 0. The fraction of sp³-hybridized carbons (Fsp3) is 0.353. The SMILES string of the molecule is CS(=O)(=O)c1ccc(S(=O)(=O)Nc2cnccc2N2CCCCC2)cc1. The Balaban J connectivity index is 1.88. The molecule has 0 radical (unpaired) electrons. The van der Waals surface area contributed by atoms with E-state index in [0.29, 0.717) is 5.69 Å². The fourth-order valence-electron chi connectivity index (χ4n) is 2.95. The van der Waals surface area contributed by atoms with Crippen molar-refractivity contribution in [3.05, 3.63) is 42.7 Å². The molecule has 0 saturated carbocycles. The molecule has 1 fully saturated rings. The van der Waals surface area contributed by atoms with E-state index < -0.39 is 19.9 Å². The van der Waals surface area contributed by atoms with Gasteiger partial charge in [-0.15, -0.1) is 0 Å². The molecule has 0 amide bonds. The van der Waals surface area contributed by atoms with Crippen LogP contribution in [-0.2, 0) is 19.9 Å². The lowest BCUT2D eigenvalue weighted by Crippen LogP contribution is -2.30. The Morgan fingerprint density at radius 2 is 1.54 bits per heavy atom. The van der Waals surface area contributed by atoms with Crippen molar-refractivity contribution in [2.75, 3.05) is 29.0 Å². The molecule has 3 rings (SSSR count). The predicted octanol–water partition coefficient (Wildman–Crippen LogP) is 2.28. The highest BCUT2D eigenvalue weighted by Crippen LogP contribution is 2.29. The molecule has 26 heavy (non-hydrogen) atoms. The van der Waals surface area contributed by atoms with Gasteiger partial charge in [0, 0.05) is 25.5 Å². The van der Waals surface area contributed by atoms with Crippen molar-refractivity contribution < 1.29 is 16.8 Å². The minimum Gasteiger partial charge on any atom is -0.370 e. The molecule has 9 heteroatoms. The van der Waals surface area contributed by atoms with Gasteiger partial charge in [-0.05, 0) is 49.6 Å². The van der Waals surface area contributed by atoms with E-state index >= 15 is 0 Å². The van der Waals surface area contributed by atoms with Gasteiger partial charge in [-0.25, -0.2) is 16.8 Å². The maximum Gasteiger partial charge on any atom is 0.262 e. The highest BCUT2D eigenvalue weighted by molar-refractivity contribution is 7.92. The summed E-state index contributed by atoms with van der Waals surface area (Å²) in [4.78, 5) is 6.25. The first-order valence-corrected chi connectivity index (χ1v) is 11.7. The zero-order chi connectivity index (χ0) is 18.8. The van der Waals surface area contributed by atoms with Crippen LogP contribution in [0.2, 0.25) is 0 Å². The maximum atomic E-state index is 12.7. The number of pyridine rings is 1. The molecule has 1 N–H and O–H groups in total. The molecule has 2 aromatic rings. The number of sulfonamides is 1. The third-order valence-electron chi connectivity index (χ3n) is 4.30. The van der Waals surface area contributed by atoms with E-state index in [9.17, 15) is 16.8 Å². The lowest BCUT2D eigenvalue weighted by Gasteiger charge is -2.30. The second-order valence-electron chi connectivity index (χ2n) is 6.29. The van der Waals surface area contributed by atoms with Gasteiger partial charge in [0.1, 0.15) is 0 Å². The van der Waals surface area contributed by atoms with Crippen molar-refractivity contribution in [2.45, 2.75) is 29.1 Å². The number of anilines is 2. The molecule has 2 heterocycles. The topological polar surface area (TPSA) is 96.4 Å². The highest BCUT2D eigenvalue weighted by atomic mass is 32.2. The fourth-order valence-corrected chi connectivity index (χ4v) is 4.64. The van der Waals surface area contributed by atoms with Gasteiger partial charge in [-0.3, -0.25) is 9.71 Å². The minimum atomic E-state index is -3.85. The Morgan fingerprint density at radius 1 is 0.923 bits per heavy atom. The number of sulfone groups is 1. The van der Waals surface area contributed by atoms with Gasteiger partial charge in [0.05, 0.1) is 27.4 Å². The Bertz CT molecular complexity index is 981. The first-order chi connectivity index (χ1) is 12.3. The summed E-state index contributed by atoms with van der Waals surface area (Å²) in [5.41, 5.74) is 1.22. The standard InChI is InChI=1S/C17H21N3O4S2/c1-25(21,22)14-5-7-15(8-6-14)26(23,24)19-16-13-18-10-9-17(16)20-11-3-2-4-12-20/h5-10,13,19H,2-4,11-12H2,1H3. The molecular weight excluding hydrogens is 374 g/mol. The summed E-state index contributed by atoms with van der Waals surface area (Å²) in [6.07, 6.45) is 7.53. The Hall–Kier alpha value is -2.13. The average Bonchev–Trinajstić information content (AvgIpc) is 2.62. The second-order valence-corrected chi connectivity index (χ2v) is 9.99. The lowest BCUT2D eigenvalue weighted by atomic mass is 10.1. The number of hydrogen-bond acceptors (Lipinski definition) is 6. The van der Waals surface area contributed by atoms with Crippen LogP contribution in [0.15, 0.2) is 52.5 Å². The van der Waals surface area contributed by atoms with Gasteiger partial charge < -0.3 is 4.90 Å². The van der Waals surface area contributed by atoms with Crippen molar-refractivity contribution >= 4 is 31.2 Å². The van der Waals surface area contributed by atoms with Crippen LogP contribution in [0.4, 0.5) is 11.4 Å². The quantitative estimate of drug-likeness (QED) is 0.834. The molecule has 0 unspecified atom stereocenters. The number of piperidine rings is 1. The van der Waals surface area contributed by atoms with Gasteiger partial charge >= 0.3 is 0 Å². The van der Waals surface area contributed by atoms with Crippen LogP contribution < -0.4 is 9.62 Å². The van der Waals surface area contributed by atoms with E-state index in [1.54, 1.807) is 12.3 Å². The molecule has 7 nitrogen and oxygen atoms in total. The van der Waals surface area contributed by atoms with Crippen molar-refractivity contribution in [3.8, 4) is 0 Å². The first-order valence-electron chi connectivity index (χ1n) is 8.29. The molecule has 1 aliphatic rings. The summed E-state index contributed by atoms with van der Waals surface area (Å²) in [5.74, 6) is 0. The predicted molar refractivity (Wildman–Crippen MR) is 101 cm³/mol. The number of hydrogen-bond donors (Lipinski definition) is 1. The van der Waals surface area contributed by atoms with E-state index in [2.05, 4.69) is 14.6 Å². The monoisotopic (exact) mass is 395 g/mol. The van der Waals surface area contributed by atoms with E-state index in [-0.39, 0.29) is 9.79 Å². The van der Waals surface area contributed by atoms with E-state index in [4.69, 9.17) is 0 Å².